The molecule has 0 aliphatic carbocycles. The van der Waals surface area contributed by atoms with Crippen LogP contribution in [0.4, 0.5) is 5.82 Å². The lowest BCUT2D eigenvalue weighted by Crippen LogP contribution is -2.44. The number of rotatable bonds is 2. The SMILES string of the molecule is CCc1c(Cl)ncnc1N1CCNCC1. The third kappa shape index (κ3) is 2.21. The highest BCUT2D eigenvalue weighted by atomic mass is 35.5. The molecule has 0 spiro atoms. The number of hydrogen-bond acceptors (Lipinski definition) is 4. The Labute approximate surface area is 94.7 Å². The highest BCUT2D eigenvalue weighted by molar-refractivity contribution is 6.30. The van der Waals surface area contributed by atoms with Crippen LogP contribution >= 0.6 is 11.6 Å². The minimum absolute atomic E-state index is 0.584. The fourth-order valence-electron chi connectivity index (χ4n) is 1.84. The van der Waals surface area contributed by atoms with Crippen molar-refractivity contribution >= 4 is 17.4 Å². The van der Waals surface area contributed by atoms with Gasteiger partial charge in [-0.2, -0.15) is 0 Å². The first-order valence-electron chi connectivity index (χ1n) is 5.28. The smallest absolute Gasteiger partial charge is 0.137 e. The van der Waals surface area contributed by atoms with E-state index >= 15 is 0 Å². The number of nitrogens with one attached hydrogen (secondary N) is 1. The first-order chi connectivity index (χ1) is 7.33. The van der Waals surface area contributed by atoms with E-state index < -0.39 is 0 Å². The van der Waals surface area contributed by atoms with Crippen molar-refractivity contribution in [3.8, 4) is 0 Å². The summed E-state index contributed by atoms with van der Waals surface area (Å²) in [5, 5.41) is 3.90. The summed E-state index contributed by atoms with van der Waals surface area (Å²) >= 11 is 6.06. The van der Waals surface area contributed by atoms with Gasteiger partial charge in [0.2, 0.25) is 0 Å². The van der Waals surface area contributed by atoms with Gasteiger partial charge in [-0.3, -0.25) is 0 Å². The van der Waals surface area contributed by atoms with Gasteiger partial charge in [-0.1, -0.05) is 18.5 Å². The molecule has 0 bridgehead atoms. The molecule has 1 aromatic rings. The van der Waals surface area contributed by atoms with Gasteiger partial charge in [0, 0.05) is 31.7 Å². The van der Waals surface area contributed by atoms with Crippen molar-refractivity contribution in [1.29, 1.82) is 0 Å². The van der Waals surface area contributed by atoms with Crippen LogP contribution in [0.5, 0.6) is 0 Å². The number of piperazine rings is 1. The fraction of sp³-hybridized carbons (Fsp3) is 0.600. The molecule has 15 heavy (non-hydrogen) atoms. The number of anilines is 1. The summed E-state index contributed by atoms with van der Waals surface area (Å²) in [5.41, 5.74) is 1.06. The van der Waals surface area contributed by atoms with Crippen LogP contribution in [0.2, 0.25) is 5.15 Å². The Morgan fingerprint density at radius 2 is 2.13 bits per heavy atom. The third-order valence-corrected chi connectivity index (χ3v) is 2.97. The number of nitrogens with zero attached hydrogens (tertiary/aromatic N) is 3. The van der Waals surface area contributed by atoms with Crippen molar-refractivity contribution < 1.29 is 0 Å². The average Bonchev–Trinajstić information content (AvgIpc) is 2.30. The van der Waals surface area contributed by atoms with Gasteiger partial charge in [0.1, 0.15) is 17.3 Å². The topological polar surface area (TPSA) is 41.1 Å². The Morgan fingerprint density at radius 1 is 1.40 bits per heavy atom. The predicted molar refractivity (Wildman–Crippen MR) is 61.5 cm³/mol. The van der Waals surface area contributed by atoms with Crippen molar-refractivity contribution in [1.82, 2.24) is 15.3 Å². The van der Waals surface area contributed by atoms with E-state index in [0.717, 1.165) is 44.0 Å². The Balaban J connectivity index is 2.29. The lowest BCUT2D eigenvalue weighted by molar-refractivity contribution is 0.583. The molecule has 1 aromatic heterocycles. The van der Waals surface area contributed by atoms with E-state index in [1.807, 2.05) is 0 Å². The molecule has 2 rings (SSSR count). The molecule has 0 atom stereocenters. The second kappa shape index (κ2) is 4.77. The monoisotopic (exact) mass is 226 g/mol. The Kier molecular flexibility index (Phi) is 3.38. The maximum Gasteiger partial charge on any atom is 0.137 e. The van der Waals surface area contributed by atoms with Gasteiger partial charge < -0.3 is 10.2 Å². The summed E-state index contributed by atoms with van der Waals surface area (Å²) in [6, 6.07) is 0. The summed E-state index contributed by atoms with van der Waals surface area (Å²) in [4.78, 5) is 10.6. The maximum absolute atomic E-state index is 6.06. The molecule has 5 heteroatoms. The first kappa shape index (κ1) is 10.6. The van der Waals surface area contributed by atoms with Gasteiger partial charge in [-0.05, 0) is 6.42 Å². The minimum atomic E-state index is 0.584. The molecule has 0 saturated carbocycles. The molecule has 0 aromatic carbocycles. The van der Waals surface area contributed by atoms with Crippen molar-refractivity contribution in [2.75, 3.05) is 31.1 Å². The number of hydrogen-bond donors (Lipinski definition) is 1. The van der Waals surface area contributed by atoms with Gasteiger partial charge in [-0.15, -0.1) is 0 Å². The lowest BCUT2D eigenvalue weighted by atomic mass is 10.2. The van der Waals surface area contributed by atoms with Crippen LogP contribution in [0, 0.1) is 0 Å². The van der Waals surface area contributed by atoms with Crippen molar-refractivity contribution in [3.05, 3.63) is 17.0 Å². The van der Waals surface area contributed by atoms with Crippen molar-refractivity contribution in [2.24, 2.45) is 0 Å². The van der Waals surface area contributed by atoms with Gasteiger partial charge >= 0.3 is 0 Å². The van der Waals surface area contributed by atoms with E-state index in [1.165, 1.54) is 0 Å². The summed E-state index contributed by atoms with van der Waals surface area (Å²) in [7, 11) is 0. The molecule has 0 amide bonds. The third-order valence-electron chi connectivity index (χ3n) is 2.64. The zero-order valence-corrected chi connectivity index (χ0v) is 9.59. The van der Waals surface area contributed by atoms with Crippen LogP contribution in [0.25, 0.3) is 0 Å². The average molecular weight is 227 g/mol. The molecule has 0 unspecified atom stereocenters. The highest BCUT2D eigenvalue weighted by Gasteiger charge is 2.16. The van der Waals surface area contributed by atoms with Crippen LogP contribution in [-0.4, -0.2) is 36.1 Å². The van der Waals surface area contributed by atoms with Crippen LogP contribution in [0.3, 0.4) is 0 Å². The second-order valence-electron chi connectivity index (χ2n) is 3.56. The van der Waals surface area contributed by atoms with E-state index in [2.05, 4.69) is 27.1 Å². The van der Waals surface area contributed by atoms with Gasteiger partial charge in [0.25, 0.3) is 0 Å². The van der Waals surface area contributed by atoms with Crippen LogP contribution < -0.4 is 10.2 Å². The van der Waals surface area contributed by atoms with E-state index in [-0.39, 0.29) is 0 Å². The van der Waals surface area contributed by atoms with Crippen LogP contribution in [0.1, 0.15) is 12.5 Å². The molecule has 1 aliphatic rings. The molecule has 1 N–H and O–H groups in total. The molecular formula is C10H15ClN4. The van der Waals surface area contributed by atoms with Crippen molar-refractivity contribution in [3.63, 3.8) is 0 Å². The summed E-state index contributed by atoms with van der Waals surface area (Å²) in [6.45, 7) is 6.06. The summed E-state index contributed by atoms with van der Waals surface area (Å²) in [6.07, 6.45) is 2.41. The van der Waals surface area contributed by atoms with Crippen LogP contribution in [0.15, 0.2) is 6.33 Å². The quantitative estimate of drug-likeness (QED) is 0.767. The Morgan fingerprint density at radius 3 is 2.80 bits per heavy atom. The molecule has 2 heterocycles. The summed E-state index contributed by atoms with van der Waals surface area (Å²) < 4.78 is 0. The highest BCUT2D eigenvalue weighted by Crippen LogP contribution is 2.23. The molecule has 82 valence electrons. The minimum Gasteiger partial charge on any atom is -0.354 e. The first-order valence-corrected chi connectivity index (χ1v) is 5.65. The van der Waals surface area contributed by atoms with Gasteiger partial charge in [0.05, 0.1) is 0 Å². The van der Waals surface area contributed by atoms with E-state index in [1.54, 1.807) is 6.33 Å². The normalized spacial score (nSPS) is 16.8. The maximum atomic E-state index is 6.06. The largest absolute Gasteiger partial charge is 0.354 e. The molecule has 1 aliphatic heterocycles. The number of halogens is 1. The van der Waals surface area contributed by atoms with Crippen molar-refractivity contribution in [2.45, 2.75) is 13.3 Å². The fourth-order valence-corrected chi connectivity index (χ4v) is 2.10. The summed E-state index contributed by atoms with van der Waals surface area (Å²) in [5.74, 6) is 0.999. The Bertz CT molecular complexity index is 336. The van der Waals surface area contributed by atoms with E-state index in [9.17, 15) is 0 Å². The molecule has 0 radical (unpaired) electrons. The molecular weight excluding hydrogens is 212 g/mol. The second-order valence-corrected chi connectivity index (χ2v) is 3.92. The van der Waals surface area contributed by atoms with E-state index in [0.29, 0.717) is 5.15 Å². The van der Waals surface area contributed by atoms with Crippen LogP contribution in [-0.2, 0) is 6.42 Å². The zero-order chi connectivity index (χ0) is 10.7. The standard InChI is InChI=1S/C10H15ClN4/c1-2-8-9(11)13-7-14-10(8)15-5-3-12-4-6-15/h7,12H,2-6H2,1H3. The zero-order valence-electron chi connectivity index (χ0n) is 8.83. The molecule has 1 saturated heterocycles. The van der Waals surface area contributed by atoms with Gasteiger partial charge in [0.15, 0.2) is 0 Å². The Hall–Kier alpha value is -0.870. The van der Waals surface area contributed by atoms with Gasteiger partial charge in [-0.25, -0.2) is 9.97 Å². The molecule has 4 nitrogen and oxygen atoms in total. The predicted octanol–water partition coefficient (Wildman–Crippen LogP) is 1.10. The number of aromatic nitrogens is 2. The lowest BCUT2D eigenvalue weighted by Gasteiger charge is -2.29. The van der Waals surface area contributed by atoms with E-state index in [4.69, 9.17) is 11.6 Å². The molecule has 1 fully saturated rings.